The van der Waals surface area contributed by atoms with E-state index in [1.807, 2.05) is 41.2 Å². The van der Waals surface area contributed by atoms with Gasteiger partial charge >= 0.3 is 0 Å². The number of rotatable bonds is 4. The summed E-state index contributed by atoms with van der Waals surface area (Å²) in [6.07, 6.45) is 7.17. The molecule has 0 saturated heterocycles. The van der Waals surface area contributed by atoms with Gasteiger partial charge in [-0.3, -0.25) is 4.98 Å². The summed E-state index contributed by atoms with van der Waals surface area (Å²) in [4.78, 5) is 8.51. The zero-order chi connectivity index (χ0) is 17.2. The standard InChI is InChI=1S/C18H17N5O2/c1-24-13-5-6-17(25-2)14(8-13)16-9-15(12-4-3-7-19-10-12)22-18-20-11-21-23(16)18/h3-11,16H,1-2H3,(H,20,21,22)/t16-/m1/s1. The van der Waals surface area contributed by atoms with E-state index in [-0.39, 0.29) is 6.04 Å². The van der Waals surface area contributed by atoms with Gasteiger partial charge in [0.2, 0.25) is 5.95 Å². The van der Waals surface area contributed by atoms with Crippen molar-refractivity contribution in [3.63, 3.8) is 0 Å². The molecule has 0 amide bonds. The van der Waals surface area contributed by atoms with Crippen molar-refractivity contribution in [2.45, 2.75) is 6.04 Å². The van der Waals surface area contributed by atoms with E-state index in [9.17, 15) is 0 Å². The molecule has 0 radical (unpaired) electrons. The molecule has 0 saturated carbocycles. The lowest BCUT2D eigenvalue weighted by atomic mass is 10.0. The molecule has 0 unspecified atom stereocenters. The molecule has 3 heterocycles. The van der Waals surface area contributed by atoms with Crippen LogP contribution in [0.4, 0.5) is 5.95 Å². The maximum Gasteiger partial charge on any atom is 0.226 e. The lowest BCUT2D eigenvalue weighted by Gasteiger charge is -2.25. The van der Waals surface area contributed by atoms with Crippen LogP contribution in [-0.4, -0.2) is 34.0 Å². The van der Waals surface area contributed by atoms with Crippen LogP contribution in [0.3, 0.4) is 0 Å². The van der Waals surface area contributed by atoms with Crippen LogP contribution >= 0.6 is 0 Å². The lowest BCUT2D eigenvalue weighted by molar-refractivity contribution is 0.394. The highest BCUT2D eigenvalue weighted by atomic mass is 16.5. The highest BCUT2D eigenvalue weighted by Gasteiger charge is 2.26. The highest BCUT2D eigenvalue weighted by molar-refractivity contribution is 5.76. The van der Waals surface area contributed by atoms with Gasteiger partial charge in [-0.1, -0.05) is 0 Å². The van der Waals surface area contributed by atoms with Crippen molar-refractivity contribution in [1.82, 2.24) is 19.7 Å². The van der Waals surface area contributed by atoms with Crippen LogP contribution in [0.2, 0.25) is 0 Å². The van der Waals surface area contributed by atoms with Gasteiger partial charge in [0.05, 0.1) is 14.2 Å². The molecule has 4 rings (SSSR count). The van der Waals surface area contributed by atoms with E-state index in [0.29, 0.717) is 5.95 Å². The molecule has 1 aliphatic heterocycles. The first-order valence-corrected chi connectivity index (χ1v) is 7.81. The minimum absolute atomic E-state index is 0.181. The molecule has 7 heteroatoms. The average molecular weight is 335 g/mol. The number of hydrogen-bond acceptors (Lipinski definition) is 6. The summed E-state index contributed by atoms with van der Waals surface area (Å²) in [6.45, 7) is 0. The van der Waals surface area contributed by atoms with Crippen LogP contribution in [0.15, 0.2) is 55.1 Å². The van der Waals surface area contributed by atoms with E-state index in [4.69, 9.17) is 9.47 Å². The Hall–Kier alpha value is -3.35. The van der Waals surface area contributed by atoms with Gasteiger partial charge in [-0.2, -0.15) is 10.1 Å². The van der Waals surface area contributed by atoms with Gasteiger partial charge in [0.25, 0.3) is 0 Å². The molecule has 25 heavy (non-hydrogen) atoms. The minimum Gasteiger partial charge on any atom is -0.497 e. The first-order chi connectivity index (χ1) is 12.3. The zero-order valence-corrected chi connectivity index (χ0v) is 13.9. The number of methoxy groups -OCH3 is 2. The number of nitrogens with zero attached hydrogens (tertiary/aromatic N) is 4. The summed E-state index contributed by atoms with van der Waals surface area (Å²) in [5.74, 6) is 2.18. The smallest absolute Gasteiger partial charge is 0.226 e. The molecule has 7 nitrogen and oxygen atoms in total. The molecule has 1 atom stereocenters. The molecule has 1 aromatic carbocycles. The number of hydrogen-bond donors (Lipinski definition) is 1. The molecule has 1 aliphatic rings. The van der Waals surface area contributed by atoms with Gasteiger partial charge in [-0.15, -0.1) is 0 Å². The van der Waals surface area contributed by atoms with Crippen molar-refractivity contribution in [1.29, 1.82) is 0 Å². The predicted molar refractivity (Wildman–Crippen MR) is 93.5 cm³/mol. The Bertz CT molecular complexity index is 920. The molecule has 2 aromatic heterocycles. The topological polar surface area (TPSA) is 74.1 Å². The molecule has 0 fully saturated rings. The van der Waals surface area contributed by atoms with Crippen LogP contribution in [0, 0.1) is 0 Å². The third-order valence-electron chi connectivity index (χ3n) is 4.14. The molecule has 0 bridgehead atoms. The highest BCUT2D eigenvalue weighted by Crippen LogP contribution is 2.37. The predicted octanol–water partition coefficient (Wildman–Crippen LogP) is 2.75. The Morgan fingerprint density at radius 3 is 2.84 bits per heavy atom. The number of benzene rings is 1. The second-order valence-corrected chi connectivity index (χ2v) is 5.53. The van der Waals surface area contributed by atoms with Crippen LogP contribution in [0.1, 0.15) is 17.2 Å². The molecule has 1 N–H and O–H groups in total. The number of aromatic nitrogens is 4. The Morgan fingerprint density at radius 2 is 2.08 bits per heavy atom. The van der Waals surface area contributed by atoms with Crippen molar-refractivity contribution in [3.05, 3.63) is 66.3 Å². The van der Waals surface area contributed by atoms with Crippen molar-refractivity contribution in [2.24, 2.45) is 0 Å². The average Bonchev–Trinajstić information content (AvgIpc) is 3.16. The first kappa shape index (κ1) is 15.2. The third kappa shape index (κ3) is 2.69. The number of pyridine rings is 1. The Morgan fingerprint density at radius 1 is 1.16 bits per heavy atom. The van der Waals surface area contributed by atoms with E-state index >= 15 is 0 Å². The van der Waals surface area contributed by atoms with Gasteiger partial charge < -0.3 is 14.8 Å². The number of fused-ring (bicyclic) bond motifs is 1. The molecule has 3 aromatic rings. The molecular weight excluding hydrogens is 318 g/mol. The first-order valence-electron chi connectivity index (χ1n) is 7.81. The maximum absolute atomic E-state index is 5.55. The molecule has 126 valence electrons. The monoisotopic (exact) mass is 335 g/mol. The van der Waals surface area contributed by atoms with Gasteiger partial charge in [0, 0.05) is 29.2 Å². The third-order valence-corrected chi connectivity index (χ3v) is 4.14. The second kappa shape index (κ2) is 6.27. The van der Waals surface area contributed by atoms with Gasteiger partial charge in [-0.25, -0.2) is 4.68 Å². The second-order valence-electron chi connectivity index (χ2n) is 5.53. The van der Waals surface area contributed by atoms with Crippen molar-refractivity contribution in [2.75, 3.05) is 19.5 Å². The van der Waals surface area contributed by atoms with Crippen molar-refractivity contribution in [3.8, 4) is 11.5 Å². The zero-order valence-electron chi connectivity index (χ0n) is 13.9. The summed E-state index contributed by atoms with van der Waals surface area (Å²) in [6, 6.07) is 9.44. The van der Waals surface area contributed by atoms with E-state index in [1.165, 1.54) is 6.33 Å². The molecule has 0 aliphatic carbocycles. The van der Waals surface area contributed by atoms with Crippen LogP contribution in [0.5, 0.6) is 11.5 Å². The number of ether oxygens (including phenoxy) is 2. The van der Waals surface area contributed by atoms with Gasteiger partial charge in [0.1, 0.15) is 23.9 Å². The summed E-state index contributed by atoms with van der Waals surface area (Å²) < 4.78 is 12.7. The van der Waals surface area contributed by atoms with Crippen LogP contribution in [-0.2, 0) is 0 Å². The normalized spacial score (nSPS) is 15.8. The quantitative estimate of drug-likeness (QED) is 0.790. The molecular formula is C18H17N5O2. The van der Waals surface area contributed by atoms with Gasteiger partial charge in [0.15, 0.2) is 0 Å². The van der Waals surface area contributed by atoms with E-state index < -0.39 is 0 Å². The largest absolute Gasteiger partial charge is 0.497 e. The summed E-state index contributed by atoms with van der Waals surface area (Å²) in [5.41, 5.74) is 2.84. The lowest BCUT2D eigenvalue weighted by Crippen LogP contribution is -2.20. The number of anilines is 1. The summed E-state index contributed by atoms with van der Waals surface area (Å²) >= 11 is 0. The number of allylic oxidation sites excluding steroid dienone is 1. The van der Waals surface area contributed by atoms with Crippen LogP contribution in [0.25, 0.3) is 5.70 Å². The van der Waals surface area contributed by atoms with Crippen molar-refractivity contribution < 1.29 is 9.47 Å². The summed E-state index contributed by atoms with van der Waals surface area (Å²) in [5, 5.41) is 7.66. The Kier molecular flexibility index (Phi) is 3.81. The molecule has 0 spiro atoms. The fourth-order valence-corrected chi connectivity index (χ4v) is 2.92. The van der Waals surface area contributed by atoms with E-state index in [1.54, 1.807) is 20.4 Å². The fraction of sp³-hybridized carbons (Fsp3) is 0.167. The Balaban J connectivity index is 1.87. The van der Waals surface area contributed by atoms with E-state index in [2.05, 4.69) is 26.5 Å². The van der Waals surface area contributed by atoms with Gasteiger partial charge in [-0.05, 0) is 36.4 Å². The minimum atomic E-state index is -0.181. The van der Waals surface area contributed by atoms with Crippen molar-refractivity contribution >= 4 is 11.6 Å². The SMILES string of the molecule is COc1ccc(OC)c([C@H]2C=C(c3cccnc3)Nc3ncnn32)c1. The summed E-state index contributed by atoms with van der Waals surface area (Å²) in [7, 11) is 3.30. The number of nitrogens with one attached hydrogen (secondary N) is 1. The Labute approximate surface area is 144 Å². The van der Waals surface area contributed by atoms with E-state index in [0.717, 1.165) is 28.3 Å². The van der Waals surface area contributed by atoms with Crippen LogP contribution < -0.4 is 14.8 Å². The fourth-order valence-electron chi connectivity index (χ4n) is 2.92. The maximum atomic E-state index is 5.55.